The molecule has 0 atom stereocenters. The van der Waals surface area contributed by atoms with Gasteiger partial charge in [-0.05, 0) is 51.6 Å². The molecule has 0 spiro atoms. The number of thiazole rings is 1. The van der Waals surface area contributed by atoms with Crippen LogP contribution in [0.4, 0.5) is 0 Å². The van der Waals surface area contributed by atoms with Crippen molar-refractivity contribution in [3.05, 3.63) is 16.1 Å². The highest BCUT2D eigenvalue weighted by atomic mass is 127. The Bertz CT molecular complexity index is 610. The van der Waals surface area contributed by atoms with Gasteiger partial charge in [-0.2, -0.15) is 0 Å². The first-order chi connectivity index (χ1) is 14.2. The minimum atomic E-state index is 0. The Balaban J connectivity index is 0.00000320. The zero-order chi connectivity index (χ0) is 20.3. The molecule has 2 N–H and O–H groups in total. The number of likely N-dealkylation sites (tertiary alicyclic amines) is 1. The molecule has 2 aliphatic rings. The summed E-state index contributed by atoms with van der Waals surface area (Å²) in [7, 11) is 1.85. The topological polar surface area (TPSA) is 61.8 Å². The summed E-state index contributed by atoms with van der Waals surface area (Å²) in [5.74, 6) is 1.61. The summed E-state index contributed by atoms with van der Waals surface area (Å²) < 4.78 is 6.06. The van der Waals surface area contributed by atoms with Gasteiger partial charge in [0.15, 0.2) is 5.96 Å². The van der Waals surface area contributed by atoms with E-state index >= 15 is 0 Å². The Labute approximate surface area is 203 Å². The van der Waals surface area contributed by atoms with Crippen LogP contribution in [-0.2, 0) is 11.3 Å². The monoisotopic (exact) mass is 549 g/mol. The number of aromatic nitrogens is 1. The fraction of sp³-hybridized carbons (Fsp3) is 0.818. The van der Waals surface area contributed by atoms with Crippen LogP contribution in [0, 0.1) is 12.8 Å². The van der Waals surface area contributed by atoms with Crippen LogP contribution in [0.5, 0.6) is 0 Å². The van der Waals surface area contributed by atoms with Crippen LogP contribution in [0.25, 0.3) is 0 Å². The molecule has 3 rings (SSSR count). The molecule has 6 nitrogen and oxygen atoms in total. The van der Waals surface area contributed by atoms with Crippen LogP contribution in [0.1, 0.15) is 62.1 Å². The lowest BCUT2D eigenvalue weighted by molar-refractivity contribution is 0.0468. The van der Waals surface area contributed by atoms with Crippen LogP contribution in [0.3, 0.4) is 0 Å². The zero-order valence-corrected chi connectivity index (χ0v) is 21.8. The van der Waals surface area contributed by atoms with E-state index in [0.29, 0.717) is 12.0 Å². The molecular formula is C22H40IN5OS. The highest BCUT2D eigenvalue weighted by Gasteiger charge is 2.20. The molecule has 0 amide bonds. The van der Waals surface area contributed by atoms with E-state index in [0.717, 1.165) is 50.3 Å². The molecule has 30 heavy (non-hydrogen) atoms. The third-order valence-corrected chi connectivity index (χ3v) is 6.91. The van der Waals surface area contributed by atoms with Gasteiger partial charge >= 0.3 is 0 Å². The lowest BCUT2D eigenvalue weighted by atomic mass is 9.97. The molecule has 0 bridgehead atoms. The number of hydrogen-bond acceptors (Lipinski definition) is 5. The molecule has 172 valence electrons. The molecule has 1 aromatic heterocycles. The van der Waals surface area contributed by atoms with Crippen LogP contribution in [0.15, 0.2) is 10.4 Å². The molecule has 1 saturated carbocycles. The fourth-order valence-corrected chi connectivity index (χ4v) is 4.93. The number of ether oxygens (including phenoxy) is 1. The summed E-state index contributed by atoms with van der Waals surface area (Å²) in [6, 6.07) is 0. The van der Waals surface area contributed by atoms with Crippen LogP contribution >= 0.6 is 35.3 Å². The Morgan fingerprint density at radius 3 is 2.53 bits per heavy atom. The lowest BCUT2D eigenvalue weighted by Gasteiger charge is -2.31. The summed E-state index contributed by atoms with van der Waals surface area (Å²) in [5, 5.41) is 10.3. The van der Waals surface area contributed by atoms with Gasteiger partial charge in [-0.25, -0.2) is 4.98 Å². The van der Waals surface area contributed by atoms with Crippen molar-refractivity contribution in [1.29, 1.82) is 0 Å². The molecular weight excluding hydrogens is 509 g/mol. The van der Waals surface area contributed by atoms with E-state index in [1.807, 2.05) is 7.05 Å². The standard InChI is InChI=1S/C22H39N5OS.HI/c1-18-26-20(17-29-18)16-27-12-9-19(10-13-27)15-25-22(23-2)24-11-14-28-21-7-5-3-4-6-8-21;/h17,19,21H,3-16H2,1-2H3,(H2,23,24,25);1H. The van der Waals surface area contributed by atoms with Gasteiger partial charge in [0, 0.05) is 32.1 Å². The summed E-state index contributed by atoms with van der Waals surface area (Å²) in [4.78, 5) is 11.5. The van der Waals surface area contributed by atoms with E-state index < -0.39 is 0 Å². The third-order valence-electron chi connectivity index (χ3n) is 6.09. The van der Waals surface area contributed by atoms with Crippen molar-refractivity contribution in [2.45, 2.75) is 70.9 Å². The van der Waals surface area contributed by atoms with Gasteiger partial charge in [0.05, 0.1) is 23.4 Å². The number of nitrogens with zero attached hydrogens (tertiary/aromatic N) is 3. The average molecular weight is 550 g/mol. The molecule has 2 heterocycles. The SMILES string of the molecule is CN=C(NCCOC1CCCCCC1)NCC1CCN(Cc2csc(C)n2)CC1.I. The number of hydrogen-bond donors (Lipinski definition) is 2. The molecule has 0 radical (unpaired) electrons. The Kier molecular flexibility index (Phi) is 12.5. The molecule has 1 aromatic rings. The zero-order valence-electron chi connectivity index (χ0n) is 18.7. The Morgan fingerprint density at radius 1 is 1.17 bits per heavy atom. The number of nitrogens with one attached hydrogen (secondary N) is 2. The van der Waals surface area contributed by atoms with Crippen LogP contribution in [-0.4, -0.2) is 61.8 Å². The highest BCUT2D eigenvalue weighted by molar-refractivity contribution is 14.0. The molecule has 2 fully saturated rings. The first-order valence-corrected chi connectivity index (χ1v) is 12.3. The molecule has 8 heteroatoms. The van der Waals surface area contributed by atoms with Gasteiger partial charge < -0.3 is 15.4 Å². The third kappa shape index (κ3) is 9.36. The predicted octanol–water partition coefficient (Wildman–Crippen LogP) is 4.19. The second-order valence-corrected chi connectivity index (χ2v) is 9.50. The van der Waals surface area contributed by atoms with Gasteiger partial charge in [0.2, 0.25) is 0 Å². The molecule has 1 saturated heterocycles. The van der Waals surface area contributed by atoms with E-state index in [-0.39, 0.29) is 24.0 Å². The molecule has 1 aliphatic carbocycles. The summed E-state index contributed by atoms with van der Waals surface area (Å²) in [6.45, 7) is 7.97. The number of guanidine groups is 1. The van der Waals surface area contributed by atoms with Crippen molar-refractivity contribution >= 4 is 41.3 Å². The maximum atomic E-state index is 6.06. The smallest absolute Gasteiger partial charge is 0.191 e. The van der Waals surface area contributed by atoms with E-state index in [4.69, 9.17) is 4.74 Å². The predicted molar refractivity (Wildman–Crippen MR) is 137 cm³/mol. The second kappa shape index (κ2) is 14.6. The normalized spacial score (nSPS) is 19.9. The highest BCUT2D eigenvalue weighted by Crippen LogP contribution is 2.20. The maximum absolute atomic E-state index is 6.06. The number of piperidine rings is 1. The van der Waals surface area contributed by atoms with E-state index in [2.05, 4.69) is 37.8 Å². The molecule has 0 unspecified atom stereocenters. The van der Waals surface area contributed by atoms with Crippen molar-refractivity contribution in [2.24, 2.45) is 10.9 Å². The molecule has 0 aromatic carbocycles. The number of halogens is 1. The first-order valence-electron chi connectivity index (χ1n) is 11.4. The number of rotatable bonds is 8. The van der Waals surface area contributed by atoms with Gasteiger partial charge in [-0.3, -0.25) is 9.89 Å². The lowest BCUT2D eigenvalue weighted by Crippen LogP contribution is -2.43. The Hall–Kier alpha value is -0.450. The Morgan fingerprint density at radius 2 is 1.90 bits per heavy atom. The minimum Gasteiger partial charge on any atom is -0.376 e. The van der Waals surface area contributed by atoms with E-state index in [9.17, 15) is 0 Å². The van der Waals surface area contributed by atoms with Crippen molar-refractivity contribution in [1.82, 2.24) is 20.5 Å². The van der Waals surface area contributed by atoms with Crippen LogP contribution in [0.2, 0.25) is 0 Å². The largest absolute Gasteiger partial charge is 0.376 e. The fourth-order valence-electron chi connectivity index (χ4n) is 4.32. The molecule has 1 aliphatic heterocycles. The number of aliphatic imine (C=N–C) groups is 1. The van der Waals surface area contributed by atoms with Gasteiger partial charge in [0.25, 0.3) is 0 Å². The summed E-state index contributed by atoms with van der Waals surface area (Å²) >= 11 is 1.75. The second-order valence-electron chi connectivity index (χ2n) is 8.44. The van der Waals surface area contributed by atoms with Gasteiger partial charge in [-0.1, -0.05) is 25.7 Å². The van der Waals surface area contributed by atoms with E-state index in [1.54, 1.807) is 11.3 Å². The minimum absolute atomic E-state index is 0. The quantitative estimate of drug-likeness (QED) is 0.168. The maximum Gasteiger partial charge on any atom is 0.191 e. The van der Waals surface area contributed by atoms with Gasteiger partial charge in [-0.15, -0.1) is 35.3 Å². The van der Waals surface area contributed by atoms with Gasteiger partial charge in [0.1, 0.15) is 0 Å². The van der Waals surface area contributed by atoms with Crippen molar-refractivity contribution < 1.29 is 4.74 Å². The van der Waals surface area contributed by atoms with Crippen LogP contribution < -0.4 is 10.6 Å². The average Bonchev–Trinajstić information content (AvgIpc) is 2.98. The summed E-state index contributed by atoms with van der Waals surface area (Å²) in [6.07, 6.45) is 10.8. The van der Waals surface area contributed by atoms with Crippen molar-refractivity contribution in [3.8, 4) is 0 Å². The van der Waals surface area contributed by atoms with E-state index in [1.165, 1.54) is 57.1 Å². The first kappa shape index (κ1) is 25.8. The van der Waals surface area contributed by atoms with Crippen molar-refractivity contribution in [2.75, 3.05) is 39.8 Å². The number of aryl methyl sites for hydroxylation is 1. The summed E-state index contributed by atoms with van der Waals surface area (Å²) in [5.41, 5.74) is 1.22. The van der Waals surface area contributed by atoms with Crippen molar-refractivity contribution in [3.63, 3.8) is 0 Å².